The van der Waals surface area contributed by atoms with Gasteiger partial charge in [0.25, 0.3) is 0 Å². The molecule has 0 aliphatic carbocycles. The van der Waals surface area contributed by atoms with Gasteiger partial charge in [-0.3, -0.25) is 9.78 Å². The number of piperazine rings is 1. The highest BCUT2D eigenvalue weighted by atomic mass is 32.1. The van der Waals surface area contributed by atoms with E-state index in [4.69, 9.17) is 0 Å². The zero-order chi connectivity index (χ0) is 17.2. The van der Waals surface area contributed by atoms with E-state index in [-0.39, 0.29) is 0 Å². The summed E-state index contributed by atoms with van der Waals surface area (Å²) in [6.07, 6.45) is 4.85. The van der Waals surface area contributed by atoms with E-state index in [9.17, 15) is 4.79 Å². The number of likely N-dealkylation sites (N-methyl/N-ethyl adjacent to an activating group) is 1. The van der Waals surface area contributed by atoms with Crippen molar-refractivity contribution in [3.8, 4) is 0 Å². The number of hydrogen-bond donors (Lipinski definition) is 0. The Bertz CT molecular complexity index is 730. The van der Waals surface area contributed by atoms with Gasteiger partial charge in [0, 0.05) is 51.9 Å². The Hall–Kier alpha value is -1.66. The minimum Gasteiger partial charge on any atom is -0.370 e. The van der Waals surface area contributed by atoms with Crippen LogP contribution in [0.4, 0.5) is 5.69 Å². The monoisotopic (exact) mass is 358 g/mol. The zero-order valence-corrected chi connectivity index (χ0v) is 15.7. The number of fused-ring (bicyclic) bond motifs is 1. The average Bonchev–Trinajstić information content (AvgIpc) is 3.12. The summed E-state index contributed by atoms with van der Waals surface area (Å²) in [5.74, 6) is 0.889. The molecule has 2 aromatic rings. The van der Waals surface area contributed by atoms with E-state index >= 15 is 0 Å². The number of carbonyl (C=O) groups excluding carboxylic acids is 1. The van der Waals surface area contributed by atoms with Crippen molar-refractivity contribution >= 4 is 33.1 Å². The Kier molecular flexibility index (Phi) is 4.90. The van der Waals surface area contributed by atoms with Gasteiger partial charge in [-0.05, 0) is 43.3 Å². The Balaban J connectivity index is 1.32. The second-order valence-electron chi connectivity index (χ2n) is 7.28. The van der Waals surface area contributed by atoms with Gasteiger partial charge in [0.05, 0.1) is 15.9 Å². The van der Waals surface area contributed by atoms with E-state index in [1.54, 1.807) is 11.3 Å². The lowest BCUT2D eigenvalue weighted by Gasteiger charge is -2.36. The molecular formula is C19H26N4OS. The van der Waals surface area contributed by atoms with E-state index in [1.807, 2.05) is 6.20 Å². The molecule has 0 bridgehead atoms. The Morgan fingerprint density at radius 3 is 2.68 bits per heavy atom. The third-order valence-electron chi connectivity index (χ3n) is 5.60. The fourth-order valence-corrected chi connectivity index (χ4v) is 4.81. The third-order valence-corrected chi connectivity index (χ3v) is 6.52. The molecule has 2 fully saturated rings. The minimum atomic E-state index is 0.358. The molecule has 2 aromatic heterocycles. The molecule has 5 nitrogen and oxygen atoms in total. The first-order chi connectivity index (χ1) is 12.2. The van der Waals surface area contributed by atoms with Crippen LogP contribution in [0.25, 0.3) is 10.2 Å². The molecule has 0 unspecified atom stereocenters. The van der Waals surface area contributed by atoms with Crippen LogP contribution in [-0.4, -0.2) is 67.0 Å². The third kappa shape index (κ3) is 3.65. The summed E-state index contributed by atoms with van der Waals surface area (Å²) in [6.45, 7) is 5.87. The van der Waals surface area contributed by atoms with E-state index in [2.05, 4.69) is 44.2 Å². The number of rotatable bonds is 3. The van der Waals surface area contributed by atoms with E-state index < -0.39 is 0 Å². The Morgan fingerprint density at radius 1 is 1.16 bits per heavy atom. The van der Waals surface area contributed by atoms with Crippen LogP contribution >= 0.6 is 11.3 Å². The van der Waals surface area contributed by atoms with Crippen molar-refractivity contribution in [2.24, 2.45) is 5.92 Å². The lowest BCUT2D eigenvalue weighted by Crippen LogP contribution is -2.47. The lowest BCUT2D eigenvalue weighted by atomic mass is 9.92. The van der Waals surface area contributed by atoms with Gasteiger partial charge in [0.15, 0.2) is 0 Å². The standard InChI is InChI=1S/C19H26N4OS/c1-21-9-11-23(12-10-21)18(24)14-15-3-7-22(8-4-15)17-2-6-20-16-5-13-25-19(16)17/h2,5-6,13,15H,3-4,7-12,14H2,1H3. The fourth-order valence-electron chi connectivity index (χ4n) is 3.92. The number of thiophene rings is 1. The van der Waals surface area contributed by atoms with Crippen molar-refractivity contribution in [3.05, 3.63) is 23.7 Å². The highest BCUT2D eigenvalue weighted by molar-refractivity contribution is 7.17. The molecule has 25 heavy (non-hydrogen) atoms. The molecule has 2 saturated heterocycles. The molecule has 6 heteroatoms. The number of nitrogens with zero attached hydrogens (tertiary/aromatic N) is 4. The van der Waals surface area contributed by atoms with Gasteiger partial charge >= 0.3 is 0 Å². The van der Waals surface area contributed by atoms with Crippen LogP contribution in [0.1, 0.15) is 19.3 Å². The van der Waals surface area contributed by atoms with Gasteiger partial charge in [0.2, 0.25) is 5.91 Å². The van der Waals surface area contributed by atoms with Crippen molar-refractivity contribution in [1.82, 2.24) is 14.8 Å². The highest BCUT2D eigenvalue weighted by Gasteiger charge is 2.26. The molecule has 1 amide bonds. The minimum absolute atomic E-state index is 0.358. The maximum absolute atomic E-state index is 12.6. The maximum atomic E-state index is 12.6. The maximum Gasteiger partial charge on any atom is 0.222 e. The van der Waals surface area contributed by atoms with Crippen molar-refractivity contribution in [2.45, 2.75) is 19.3 Å². The number of hydrogen-bond acceptors (Lipinski definition) is 5. The average molecular weight is 359 g/mol. The molecule has 0 saturated carbocycles. The summed E-state index contributed by atoms with van der Waals surface area (Å²) < 4.78 is 1.29. The van der Waals surface area contributed by atoms with Gasteiger partial charge in [-0.1, -0.05) is 0 Å². The van der Waals surface area contributed by atoms with E-state index in [1.165, 1.54) is 10.4 Å². The summed E-state index contributed by atoms with van der Waals surface area (Å²) >= 11 is 1.77. The molecular weight excluding hydrogens is 332 g/mol. The van der Waals surface area contributed by atoms with Gasteiger partial charge in [-0.25, -0.2) is 0 Å². The molecule has 0 N–H and O–H groups in total. The molecule has 0 spiro atoms. The van der Waals surface area contributed by atoms with Crippen LogP contribution in [0.3, 0.4) is 0 Å². The predicted molar refractivity (Wildman–Crippen MR) is 103 cm³/mol. The molecule has 2 aliphatic heterocycles. The first kappa shape index (κ1) is 16.8. The predicted octanol–water partition coefficient (Wildman–Crippen LogP) is 2.68. The molecule has 0 aromatic carbocycles. The summed E-state index contributed by atoms with van der Waals surface area (Å²) in [6, 6.07) is 4.22. The van der Waals surface area contributed by atoms with Crippen LogP contribution in [0.5, 0.6) is 0 Å². The topological polar surface area (TPSA) is 39.7 Å². The Morgan fingerprint density at radius 2 is 1.92 bits per heavy atom. The number of piperidine rings is 1. The smallest absolute Gasteiger partial charge is 0.222 e. The summed E-state index contributed by atoms with van der Waals surface area (Å²) in [7, 11) is 2.13. The Labute approximate surface area is 153 Å². The number of aromatic nitrogens is 1. The number of pyridine rings is 1. The van der Waals surface area contributed by atoms with Crippen molar-refractivity contribution in [2.75, 3.05) is 51.2 Å². The summed E-state index contributed by atoms with van der Waals surface area (Å²) in [5, 5.41) is 2.11. The van der Waals surface area contributed by atoms with Crippen molar-refractivity contribution in [1.29, 1.82) is 0 Å². The normalized spacial score (nSPS) is 20.4. The largest absolute Gasteiger partial charge is 0.370 e. The first-order valence-corrected chi connectivity index (χ1v) is 10.1. The van der Waals surface area contributed by atoms with Crippen LogP contribution in [0.15, 0.2) is 23.7 Å². The van der Waals surface area contributed by atoms with Crippen LogP contribution in [-0.2, 0) is 4.79 Å². The molecule has 134 valence electrons. The van der Waals surface area contributed by atoms with Crippen molar-refractivity contribution in [3.63, 3.8) is 0 Å². The van der Waals surface area contributed by atoms with Gasteiger partial charge < -0.3 is 14.7 Å². The van der Waals surface area contributed by atoms with Gasteiger partial charge in [-0.2, -0.15) is 0 Å². The highest BCUT2D eigenvalue weighted by Crippen LogP contribution is 2.33. The van der Waals surface area contributed by atoms with Crippen LogP contribution < -0.4 is 4.90 Å². The molecule has 4 rings (SSSR count). The second kappa shape index (κ2) is 7.30. The van der Waals surface area contributed by atoms with E-state index in [0.29, 0.717) is 11.8 Å². The molecule has 0 atom stereocenters. The fraction of sp³-hybridized carbons (Fsp3) is 0.579. The zero-order valence-electron chi connectivity index (χ0n) is 14.9. The quantitative estimate of drug-likeness (QED) is 0.846. The number of amides is 1. The van der Waals surface area contributed by atoms with Gasteiger partial charge in [0.1, 0.15) is 0 Å². The second-order valence-corrected chi connectivity index (χ2v) is 8.20. The lowest BCUT2D eigenvalue weighted by molar-refractivity contribution is -0.133. The van der Waals surface area contributed by atoms with Crippen LogP contribution in [0, 0.1) is 5.92 Å². The molecule has 4 heterocycles. The molecule has 0 radical (unpaired) electrons. The SMILES string of the molecule is CN1CCN(C(=O)CC2CCN(c3ccnc4ccsc34)CC2)CC1. The number of carbonyl (C=O) groups is 1. The molecule has 2 aliphatic rings. The van der Waals surface area contributed by atoms with Crippen molar-refractivity contribution < 1.29 is 4.79 Å². The van der Waals surface area contributed by atoms with Crippen LogP contribution in [0.2, 0.25) is 0 Å². The van der Waals surface area contributed by atoms with E-state index in [0.717, 1.165) is 64.0 Å². The van der Waals surface area contributed by atoms with Gasteiger partial charge in [-0.15, -0.1) is 11.3 Å². The summed E-state index contributed by atoms with van der Waals surface area (Å²) in [4.78, 5) is 23.8. The number of anilines is 1. The summed E-state index contributed by atoms with van der Waals surface area (Å²) in [5.41, 5.74) is 2.40. The first-order valence-electron chi connectivity index (χ1n) is 9.24.